The van der Waals surface area contributed by atoms with Crippen molar-refractivity contribution >= 4 is 17.4 Å². The van der Waals surface area contributed by atoms with Crippen LogP contribution >= 0.6 is 0 Å². The van der Waals surface area contributed by atoms with Gasteiger partial charge >= 0.3 is 0 Å². The lowest BCUT2D eigenvalue weighted by atomic mass is 10.1. The Balaban J connectivity index is 2.11. The third-order valence-electron chi connectivity index (χ3n) is 3.46. The van der Waals surface area contributed by atoms with E-state index in [2.05, 4.69) is 16.4 Å². The summed E-state index contributed by atoms with van der Waals surface area (Å²) in [4.78, 5) is 17.0. The van der Waals surface area contributed by atoms with Crippen molar-refractivity contribution in [2.24, 2.45) is 0 Å². The summed E-state index contributed by atoms with van der Waals surface area (Å²) in [7, 11) is 1.77. The third kappa shape index (κ3) is 3.41. The maximum absolute atomic E-state index is 12.3. The number of para-hydroxylation sites is 1. The number of aryl methyl sites for hydroxylation is 2. The second-order valence-corrected chi connectivity index (χ2v) is 5.22. The number of H-pyrrole nitrogens is 1. The van der Waals surface area contributed by atoms with Crippen molar-refractivity contribution in [2.75, 3.05) is 23.8 Å². The highest BCUT2D eigenvalue weighted by Crippen LogP contribution is 2.19. The number of hydrogen-bond donors (Lipinski definition) is 1. The molecule has 1 amide bonds. The molecule has 0 spiro atoms. The summed E-state index contributed by atoms with van der Waals surface area (Å²) in [5.74, 6) is 0.502. The van der Waals surface area contributed by atoms with E-state index in [0.29, 0.717) is 11.4 Å². The first-order valence-corrected chi connectivity index (χ1v) is 7.01. The van der Waals surface area contributed by atoms with Crippen LogP contribution in [0.15, 0.2) is 36.5 Å². The van der Waals surface area contributed by atoms with Crippen LogP contribution in [-0.4, -0.2) is 19.5 Å². The summed E-state index contributed by atoms with van der Waals surface area (Å²) >= 11 is 0. The number of rotatable bonds is 4. The molecule has 0 fully saturated rings. The molecule has 1 heterocycles. The third-order valence-corrected chi connectivity index (χ3v) is 3.46. The smallest absolute Gasteiger partial charge is 0.292 e. The van der Waals surface area contributed by atoms with Crippen LogP contribution in [0.1, 0.15) is 16.7 Å². The van der Waals surface area contributed by atoms with E-state index in [4.69, 9.17) is 5.26 Å². The van der Waals surface area contributed by atoms with E-state index < -0.39 is 0 Å². The first-order valence-electron chi connectivity index (χ1n) is 7.01. The van der Waals surface area contributed by atoms with Gasteiger partial charge in [0.15, 0.2) is 6.54 Å². The van der Waals surface area contributed by atoms with Gasteiger partial charge in [-0.3, -0.25) is 9.69 Å². The fourth-order valence-electron chi connectivity index (χ4n) is 2.32. The number of aromatic amines is 1. The zero-order chi connectivity index (χ0) is 16.1. The largest absolute Gasteiger partial charge is 0.322 e. The molecule has 0 saturated carbocycles. The van der Waals surface area contributed by atoms with E-state index in [1.165, 1.54) is 0 Å². The summed E-state index contributed by atoms with van der Waals surface area (Å²) in [6.07, 6.45) is 1.73. The topological polar surface area (TPSA) is 70.3 Å². The molecule has 112 valence electrons. The van der Waals surface area contributed by atoms with Crippen LogP contribution in [0.2, 0.25) is 0 Å². The highest BCUT2D eigenvalue weighted by atomic mass is 16.2. The molecular formula is C17H19N4O+. The number of amides is 1. The van der Waals surface area contributed by atoms with Gasteiger partial charge in [0.1, 0.15) is 11.6 Å². The number of nitrogens with one attached hydrogen (secondary N) is 2. The molecule has 2 aromatic rings. The van der Waals surface area contributed by atoms with Crippen LogP contribution in [0.25, 0.3) is 0 Å². The predicted molar refractivity (Wildman–Crippen MR) is 85.5 cm³/mol. The van der Waals surface area contributed by atoms with Crippen LogP contribution in [-0.2, 0) is 4.79 Å². The maximum Gasteiger partial charge on any atom is 0.292 e. The first-order chi connectivity index (χ1) is 10.5. The number of nitrogens with zero attached hydrogens (tertiary/aromatic N) is 2. The number of aromatic nitrogens is 1. The second kappa shape index (κ2) is 6.72. The number of benzene rings is 1. The van der Waals surface area contributed by atoms with Gasteiger partial charge in [0, 0.05) is 5.69 Å². The van der Waals surface area contributed by atoms with Crippen LogP contribution in [0.3, 0.4) is 0 Å². The molecule has 0 bridgehead atoms. The van der Waals surface area contributed by atoms with Crippen molar-refractivity contribution in [3.63, 3.8) is 0 Å². The van der Waals surface area contributed by atoms with Crippen molar-refractivity contribution in [2.45, 2.75) is 13.8 Å². The van der Waals surface area contributed by atoms with Crippen LogP contribution in [0.5, 0.6) is 0 Å². The van der Waals surface area contributed by atoms with E-state index in [0.717, 1.165) is 16.8 Å². The Morgan fingerprint density at radius 1 is 1.27 bits per heavy atom. The summed E-state index contributed by atoms with van der Waals surface area (Å²) in [5, 5.41) is 12.1. The molecule has 2 rings (SSSR count). The van der Waals surface area contributed by atoms with Crippen molar-refractivity contribution < 1.29 is 9.78 Å². The van der Waals surface area contributed by atoms with E-state index >= 15 is 0 Å². The average Bonchev–Trinajstić information content (AvgIpc) is 2.51. The molecule has 1 aromatic carbocycles. The molecule has 5 nitrogen and oxygen atoms in total. The van der Waals surface area contributed by atoms with Gasteiger partial charge < -0.3 is 5.32 Å². The highest BCUT2D eigenvalue weighted by molar-refractivity contribution is 5.95. The number of hydrogen-bond acceptors (Lipinski definition) is 3. The van der Waals surface area contributed by atoms with E-state index in [1.807, 2.05) is 32.0 Å². The van der Waals surface area contributed by atoms with Crippen molar-refractivity contribution in [3.05, 3.63) is 53.2 Å². The number of anilines is 2. The molecular weight excluding hydrogens is 276 g/mol. The molecule has 0 aliphatic heterocycles. The van der Waals surface area contributed by atoms with Gasteiger partial charge in [-0.15, -0.1) is 0 Å². The van der Waals surface area contributed by atoms with Gasteiger partial charge in [-0.25, -0.2) is 4.98 Å². The fourth-order valence-corrected chi connectivity index (χ4v) is 2.32. The standard InChI is InChI=1S/C17H18N4O/c1-12-6-4-7-13(2)16(12)20-15(22)11-21(3)17-14(10-18)8-5-9-19-17/h4-9H,11H2,1-3H3,(H,20,22)/p+1. The van der Waals surface area contributed by atoms with Crippen molar-refractivity contribution in [3.8, 4) is 6.07 Å². The van der Waals surface area contributed by atoms with Gasteiger partial charge in [-0.2, -0.15) is 5.26 Å². The maximum atomic E-state index is 12.3. The second-order valence-electron chi connectivity index (χ2n) is 5.22. The minimum Gasteiger partial charge on any atom is -0.322 e. The number of likely N-dealkylation sites (N-methyl/N-ethyl adjacent to an activating group) is 1. The van der Waals surface area contributed by atoms with Crippen LogP contribution < -0.4 is 15.2 Å². The Hall–Kier alpha value is -2.87. The zero-order valence-corrected chi connectivity index (χ0v) is 13.0. The summed E-state index contributed by atoms with van der Waals surface area (Å²) < 4.78 is 0. The first kappa shape index (κ1) is 15.5. The molecule has 2 N–H and O–H groups in total. The molecule has 0 atom stereocenters. The van der Waals surface area contributed by atoms with Crippen molar-refractivity contribution in [1.29, 1.82) is 5.26 Å². The Bertz CT molecular complexity index is 713. The SMILES string of the molecule is Cc1cccc(C)c1NC(=O)CN(C)c1[nH+]cccc1C#N. The van der Waals surface area contributed by atoms with Gasteiger partial charge in [0.25, 0.3) is 11.7 Å². The lowest BCUT2D eigenvalue weighted by molar-refractivity contribution is -0.364. The van der Waals surface area contributed by atoms with Crippen LogP contribution in [0, 0.1) is 25.2 Å². The molecule has 1 aromatic heterocycles. The summed E-state index contributed by atoms with van der Waals surface area (Å²) in [6, 6.07) is 11.5. The Morgan fingerprint density at radius 2 is 1.95 bits per heavy atom. The molecule has 0 saturated heterocycles. The number of carbonyl (C=O) groups excluding carboxylic acids is 1. The molecule has 0 aliphatic rings. The lowest BCUT2D eigenvalue weighted by Crippen LogP contribution is -2.34. The Kier molecular flexibility index (Phi) is 4.74. The Labute approximate surface area is 130 Å². The van der Waals surface area contributed by atoms with Crippen molar-refractivity contribution in [1.82, 2.24) is 0 Å². The minimum absolute atomic E-state index is 0.124. The molecule has 5 heteroatoms. The van der Waals surface area contributed by atoms with E-state index in [-0.39, 0.29) is 12.5 Å². The summed E-state index contributed by atoms with van der Waals surface area (Å²) in [5.41, 5.74) is 3.41. The Morgan fingerprint density at radius 3 is 2.59 bits per heavy atom. The normalized spacial score (nSPS) is 9.91. The predicted octanol–water partition coefficient (Wildman–Crippen LogP) is 2.06. The quantitative estimate of drug-likeness (QED) is 0.938. The fraction of sp³-hybridized carbons (Fsp3) is 0.235. The molecule has 0 aliphatic carbocycles. The minimum atomic E-state index is -0.124. The van der Waals surface area contributed by atoms with E-state index in [1.54, 1.807) is 30.3 Å². The monoisotopic (exact) mass is 295 g/mol. The number of nitriles is 1. The number of carbonyl (C=O) groups is 1. The van der Waals surface area contributed by atoms with Gasteiger partial charge in [-0.05, 0) is 37.1 Å². The average molecular weight is 295 g/mol. The lowest BCUT2D eigenvalue weighted by Gasteiger charge is -2.14. The van der Waals surface area contributed by atoms with Gasteiger partial charge in [0.05, 0.1) is 13.2 Å². The highest BCUT2D eigenvalue weighted by Gasteiger charge is 2.19. The zero-order valence-electron chi connectivity index (χ0n) is 13.0. The van der Waals surface area contributed by atoms with Gasteiger partial charge in [0.2, 0.25) is 0 Å². The van der Waals surface area contributed by atoms with Crippen LogP contribution in [0.4, 0.5) is 11.5 Å². The summed E-state index contributed by atoms with van der Waals surface area (Å²) in [6.45, 7) is 4.08. The van der Waals surface area contributed by atoms with E-state index in [9.17, 15) is 4.79 Å². The number of pyridine rings is 1. The molecule has 0 unspecified atom stereocenters. The molecule has 22 heavy (non-hydrogen) atoms. The van der Waals surface area contributed by atoms with Gasteiger partial charge in [-0.1, -0.05) is 18.2 Å². The molecule has 0 radical (unpaired) electrons.